The van der Waals surface area contributed by atoms with Crippen molar-refractivity contribution < 1.29 is 14.3 Å². The maximum atomic E-state index is 12.7. The lowest BCUT2D eigenvalue weighted by Crippen LogP contribution is -2.50. The Bertz CT molecular complexity index is 531. The molecular formula is C14H20N4O3. The third-order valence-corrected chi connectivity index (χ3v) is 4.05. The van der Waals surface area contributed by atoms with Gasteiger partial charge in [-0.1, -0.05) is 0 Å². The molecule has 2 aliphatic rings. The molecule has 3 rings (SSSR count). The molecule has 2 N–H and O–H groups in total. The van der Waals surface area contributed by atoms with E-state index in [1.54, 1.807) is 4.90 Å². The van der Waals surface area contributed by atoms with Crippen molar-refractivity contribution in [3.8, 4) is 0 Å². The highest BCUT2D eigenvalue weighted by Gasteiger charge is 2.31. The van der Waals surface area contributed by atoms with Gasteiger partial charge in [0.25, 0.3) is 5.91 Å². The number of carbonyl (C=O) groups excluding carboxylic acids is 2. The SMILES string of the molecule is NC(=O)CC1COCCN1C(=O)c1cn2c(n1)CCCC2. The number of primary amides is 1. The first-order valence-corrected chi connectivity index (χ1v) is 7.38. The van der Waals surface area contributed by atoms with E-state index < -0.39 is 5.91 Å². The van der Waals surface area contributed by atoms with Crippen LogP contribution < -0.4 is 5.73 Å². The van der Waals surface area contributed by atoms with E-state index in [2.05, 4.69) is 9.55 Å². The first-order valence-electron chi connectivity index (χ1n) is 7.38. The average Bonchev–Trinajstić information content (AvgIpc) is 2.90. The fourth-order valence-corrected chi connectivity index (χ4v) is 2.99. The molecule has 1 unspecified atom stereocenters. The zero-order chi connectivity index (χ0) is 14.8. The van der Waals surface area contributed by atoms with Crippen molar-refractivity contribution in [3.63, 3.8) is 0 Å². The average molecular weight is 292 g/mol. The first kappa shape index (κ1) is 14.1. The summed E-state index contributed by atoms with van der Waals surface area (Å²) in [7, 11) is 0. The maximum absolute atomic E-state index is 12.7. The number of ether oxygens (including phenoxy) is 1. The molecule has 114 valence electrons. The highest BCUT2D eigenvalue weighted by atomic mass is 16.5. The van der Waals surface area contributed by atoms with Gasteiger partial charge in [0.05, 0.1) is 19.3 Å². The van der Waals surface area contributed by atoms with Crippen LogP contribution in [0.2, 0.25) is 0 Å². The van der Waals surface area contributed by atoms with E-state index >= 15 is 0 Å². The van der Waals surface area contributed by atoms with Crippen LogP contribution in [0.1, 0.15) is 35.6 Å². The second-order valence-corrected chi connectivity index (χ2v) is 5.59. The van der Waals surface area contributed by atoms with Gasteiger partial charge in [-0.15, -0.1) is 0 Å². The number of aromatic nitrogens is 2. The van der Waals surface area contributed by atoms with Crippen molar-refractivity contribution in [2.75, 3.05) is 19.8 Å². The van der Waals surface area contributed by atoms with Crippen molar-refractivity contribution in [1.29, 1.82) is 0 Å². The highest BCUT2D eigenvalue weighted by Crippen LogP contribution is 2.18. The Labute approximate surface area is 123 Å². The van der Waals surface area contributed by atoms with E-state index in [4.69, 9.17) is 10.5 Å². The number of amides is 2. The predicted octanol–water partition coefficient (Wildman–Crippen LogP) is -0.0642. The standard InChI is InChI=1S/C14H20N4O3/c15-12(19)7-10-9-21-6-5-18(10)14(20)11-8-17-4-2-1-3-13(17)16-11/h8,10H,1-7,9H2,(H2,15,19). The largest absolute Gasteiger partial charge is 0.377 e. The number of aryl methyl sites for hydroxylation is 2. The van der Waals surface area contributed by atoms with E-state index in [0.717, 1.165) is 31.6 Å². The molecule has 0 radical (unpaired) electrons. The van der Waals surface area contributed by atoms with Crippen LogP contribution >= 0.6 is 0 Å². The molecule has 2 aliphatic heterocycles. The van der Waals surface area contributed by atoms with Gasteiger partial charge < -0.3 is 19.9 Å². The van der Waals surface area contributed by atoms with Crippen LogP contribution in [0.25, 0.3) is 0 Å². The number of rotatable bonds is 3. The topological polar surface area (TPSA) is 90.5 Å². The summed E-state index contributed by atoms with van der Waals surface area (Å²) in [4.78, 5) is 29.9. The van der Waals surface area contributed by atoms with E-state index in [9.17, 15) is 9.59 Å². The Kier molecular flexibility index (Phi) is 3.92. The third-order valence-electron chi connectivity index (χ3n) is 4.05. The van der Waals surface area contributed by atoms with E-state index in [0.29, 0.717) is 25.5 Å². The molecule has 21 heavy (non-hydrogen) atoms. The van der Waals surface area contributed by atoms with Crippen molar-refractivity contribution in [2.45, 2.75) is 38.3 Å². The summed E-state index contributed by atoms with van der Waals surface area (Å²) in [5.74, 6) is 0.420. The lowest BCUT2D eigenvalue weighted by Gasteiger charge is -2.34. The molecule has 0 aromatic carbocycles. The summed E-state index contributed by atoms with van der Waals surface area (Å²) in [5.41, 5.74) is 5.71. The summed E-state index contributed by atoms with van der Waals surface area (Å²) in [6.45, 7) is 2.22. The molecule has 0 bridgehead atoms. The Morgan fingerprint density at radius 2 is 2.24 bits per heavy atom. The fourth-order valence-electron chi connectivity index (χ4n) is 2.99. The number of nitrogens with two attached hydrogens (primary N) is 1. The van der Waals surface area contributed by atoms with Gasteiger partial charge >= 0.3 is 0 Å². The summed E-state index contributed by atoms with van der Waals surface area (Å²) in [6, 6.07) is -0.289. The molecule has 0 spiro atoms. The van der Waals surface area contributed by atoms with Gasteiger partial charge in [-0.3, -0.25) is 9.59 Å². The minimum Gasteiger partial charge on any atom is -0.377 e. The normalized spacial score (nSPS) is 21.9. The van der Waals surface area contributed by atoms with Crippen molar-refractivity contribution in [3.05, 3.63) is 17.7 Å². The molecule has 1 aromatic rings. The second-order valence-electron chi connectivity index (χ2n) is 5.59. The van der Waals surface area contributed by atoms with Crippen LogP contribution in [0.4, 0.5) is 0 Å². The Hall–Kier alpha value is -1.89. The highest BCUT2D eigenvalue weighted by molar-refractivity contribution is 5.93. The fraction of sp³-hybridized carbons (Fsp3) is 0.643. The number of imidazole rings is 1. The molecule has 2 amide bonds. The minimum atomic E-state index is -0.424. The molecule has 3 heterocycles. The van der Waals surface area contributed by atoms with Crippen LogP contribution in [-0.2, 0) is 22.5 Å². The van der Waals surface area contributed by atoms with Crippen molar-refractivity contribution >= 4 is 11.8 Å². The summed E-state index contributed by atoms with van der Waals surface area (Å²) in [6.07, 6.45) is 5.11. The number of nitrogens with zero attached hydrogens (tertiary/aromatic N) is 3. The van der Waals surface area contributed by atoms with Crippen LogP contribution in [0.15, 0.2) is 6.20 Å². The molecule has 1 aromatic heterocycles. The number of fused-ring (bicyclic) bond motifs is 1. The zero-order valence-electron chi connectivity index (χ0n) is 12.0. The van der Waals surface area contributed by atoms with Gasteiger partial charge in [0.1, 0.15) is 11.5 Å². The van der Waals surface area contributed by atoms with Gasteiger partial charge in [0.15, 0.2) is 0 Å². The molecule has 1 saturated heterocycles. The Balaban J connectivity index is 1.78. The van der Waals surface area contributed by atoms with Crippen molar-refractivity contribution in [2.24, 2.45) is 5.73 Å². The molecule has 0 saturated carbocycles. The van der Waals surface area contributed by atoms with Crippen LogP contribution in [0.5, 0.6) is 0 Å². The monoisotopic (exact) mass is 292 g/mol. The quantitative estimate of drug-likeness (QED) is 0.844. The third kappa shape index (κ3) is 2.92. The lowest BCUT2D eigenvalue weighted by atomic mass is 10.1. The van der Waals surface area contributed by atoms with Gasteiger partial charge in [-0.25, -0.2) is 4.98 Å². The molecule has 7 nitrogen and oxygen atoms in total. The lowest BCUT2D eigenvalue weighted by molar-refractivity contribution is -0.120. The number of morpholine rings is 1. The number of hydrogen-bond acceptors (Lipinski definition) is 4. The van der Waals surface area contributed by atoms with Gasteiger partial charge in [0, 0.05) is 32.1 Å². The molecule has 7 heteroatoms. The maximum Gasteiger partial charge on any atom is 0.274 e. The Morgan fingerprint density at radius 3 is 3.00 bits per heavy atom. The zero-order valence-corrected chi connectivity index (χ0v) is 12.0. The molecule has 1 atom stereocenters. The molecule has 1 fully saturated rings. The summed E-state index contributed by atoms with van der Waals surface area (Å²) in [5, 5.41) is 0. The van der Waals surface area contributed by atoms with Crippen LogP contribution in [0, 0.1) is 0 Å². The van der Waals surface area contributed by atoms with Crippen molar-refractivity contribution in [1.82, 2.24) is 14.5 Å². The molecule has 0 aliphatic carbocycles. The summed E-state index contributed by atoms with van der Waals surface area (Å²) >= 11 is 0. The first-order chi connectivity index (χ1) is 10.1. The van der Waals surface area contributed by atoms with Crippen LogP contribution in [-0.4, -0.2) is 52.1 Å². The van der Waals surface area contributed by atoms with Gasteiger partial charge in [0.2, 0.25) is 5.91 Å². The van der Waals surface area contributed by atoms with Gasteiger partial charge in [-0.05, 0) is 12.8 Å². The van der Waals surface area contributed by atoms with E-state index in [1.165, 1.54) is 0 Å². The second kappa shape index (κ2) is 5.85. The smallest absolute Gasteiger partial charge is 0.274 e. The minimum absolute atomic E-state index is 0.124. The van der Waals surface area contributed by atoms with E-state index in [-0.39, 0.29) is 18.4 Å². The predicted molar refractivity (Wildman–Crippen MR) is 74.6 cm³/mol. The number of hydrogen-bond donors (Lipinski definition) is 1. The summed E-state index contributed by atoms with van der Waals surface area (Å²) < 4.78 is 7.41. The van der Waals surface area contributed by atoms with Crippen LogP contribution in [0.3, 0.4) is 0 Å². The Morgan fingerprint density at radius 1 is 1.38 bits per heavy atom. The number of carbonyl (C=O) groups is 2. The molecular weight excluding hydrogens is 272 g/mol. The van der Waals surface area contributed by atoms with E-state index in [1.807, 2.05) is 6.20 Å². The van der Waals surface area contributed by atoms with Gasteiger partial charge in [-0.2, -0.15) is 0 Å².